The van der Waals surface area contributed by atoms with Crippen molar-refractivity contribution in [3.05, 3.63) is 34.3 Å². The van der Waals surface area contributed by atoms with Gasteiger partial charge in [0, 0.05) is 5.02 Å². The zero-order valence-corrected chi connectivity index (χ0v) is 11.0. The number of hydrogen-bond donors (Lipinski definition) is 0. The van der Waals surface area contributed by atoms with Crippen LogP contribution in [0.1, 0.15) is 35.1 Å². The number of carbonyl (C=O) groups is 2. The second kappa shape index (κ2) is 6.03. The lowest BCUT2D eigenvalue weighted by Gasteiger charge is -2.10. The molecule has 0 aliphatic carbocycles. The van der Waals surface area contributed by atoms with Gasteiger partial charge in [0.25, 0.3) is 0 Å². The van der Waals surface area contributed by atoms with Crippen molar-refractivity contribution in [2.45, 2.75) is 19.2 Å². The fraction of sp³-hybridized carbons (Fsp3) is 0.333. The molecule has 1 unspecified atom stereocenters. The fourth-order valence-corrected chi connectivity index (χ4v) is 1.76. The summed E-state index contributed by atoms with van der Waals surface area (Å²) < 4.78 is 4.85. The largest absolute Gasteiger partial charge is 0.462 e. The lowest BCUT2D eigenvalue weighted by atomic mass is 10.1. The minimum absolute atomic E-state index is 0.227. The molecule has 1 rings (SSSR count). The van der Waals surface area contributed by atoms with Crippen molar-refractivity contribution in [2.24, 2.45) is 0 Å². The van der Waals surface area contributed by atoms with Crippen LogP contribution in [0.15, 0.2) is 18.2 Å². The first kappa shape index (κ1) is 14.0. The quantitative estimate of drug-likeness (QED) is 0.625. The zero-order valence-electron chi connectivity index (χ0n) is 9.50. The number of halogens is 2. The van der Waals surface area contributed by atoms with E-state index in [2.05, 4.69) is 0 Å². The number of rotatable bonds is 4. The number of carbonyl (C=O) groups excluding carboxylic acids is 2. The summed E-state index contributed by atoms with van der Waals surface area (Å²) >= 11 is 11.8. The Morgan fingerprint density at radius 3 is 2.59 bits per heavy atom. The molecule has 3 nitrogen and oxygen atoms in total. The minimum atomic E-state index is -0.850. The van der Waals surface area contributed by atoms with Gasteiger partial charge in [-0.25, -0.2) is 4.79 Å². The van der Waals surface area contributed by atoms with E-state index in [0.29, 0.717) is 16.1 Å². The van der Waals surface area contributed by atoms with Crippen LogP contribution in [0.5, 0.6) is 0 Å². The number of Topliss-reactive ketones (excluding diaryl/α,β-unsaturated/α-hetero) is 1. The molecular formula is C12H12Cl2O3. The molecule has 0 aromatic heterocycles. The van der Waals surface area contributed by atoms with Crippen LogP contribution in [0.4, 0.5) is 0 Å². The lowest BCUT2D eigenvalue weighted by molar-refractivity contribution is -0.116. The van der Waals surface area contributed by atoms with Crippen LogP contribution in [-0.4, -0.2) is 18.4 Å². The number of esters is 1. The highest BCUT2D eigenvalue weighted by Crippen LogP contribution is 2.29. The molecule has 0 spiro atoms. The smallest absolute Gasteiger partial charge is 0.338 e. The molecule has 0 amide bonds. The molecule has 1 aromatic rings. The summed E-state index contributed by atoms with van der Waals surface area (Å²) in [4.78, 5) is 22.7. The molecule has 1 aromatic carbocycles. The molecular weight excluding hydrogens is 263 g/mol. The summed E-state index contributed by atoms with van der Waals surface area (Å²) in [5, 5.41) is -0.495. The molecule has 5 heteroatoms. The van der Waals surface area contributed by atoms with Gasteiger partial charge in [0.1, 0.15) is 5.38 Å². The van der Waals surface area contributed by atoms with Crippen LogP contribution in [-0.2, 0) is 9.53 Å². The first-order valence-corrected chi connectivity index (χ1v) is 5.90. The highest BCUT2D eigenvalue weighted by molar-refractivity contribution is 6.36. The third-order valence-electron chi connectivity index (χ3n) is 2.14. The molecule has 0 saturated carbocycles. The van der Waals surface area contributed by atoms with Crippen molar-refractivity contribution in [3.8, 4) is 0 Å². The monoisotopic (exact) mass is 274 g/mol. The number of alkyl halides is 1. The van der Waals surface area contributed by atoms with Crippen LogP contribution in [0, 0.1) is 0 Å². The van der Waals surface area contributed by atoms with Gasteiger partial charge in [0.2, 0.25) is 0 Å². The van der Waals surface area contributed by atoms with Crippen LogP contribution in [0.3, 0.4) is 0 Å². The molecule has 92 valence electrons. The van der Waals surface area contributed by atoms with E-state index >= 15 is 0 Å². The fourth-order valence-electron chi connectivity index (χ4n) is 1.30. The molecule has 0 heterocycles. The molecule has 0 saturated heterocycles. The van der Waals surface area contributed by atoms with Gasteiger partial charge in [0.05, 0.1) is 12.2 Å². The highest BCUT2D eigenvalue weighted by atomic mass is 35.5. The summed E-state index contributed by atoms with van der Waals surface area (Å²) in [5.74, 6) is -0.688. The van der Waals surface area contributed by atoms with Crippen molar-refractivity contribution >= 4 is 35.0 Å². The Kier molecular flexibility index (Phi) is 4.97. The Labute approximate surface area is 110 Å². The number of hydrogen-bond acceptors (Lipinski definition) is 3. The van der Waals surface area contributed by atoms with Gasteiger partial charge in [-0.2, -0.15) is 0 Å². The van der Waals surface area contributed by atoms with E-state index in [-0.39, 0.29) is 12.4 Å². The van der Waals surface area contributed by atoms with Crippen LogP contribution in [0.25, 0.3) is 0 Å². The van der Waals surface area contributed by atoms with Crippen molar-refractivity contribution in [3.63, 3.8) is 0 Å². The third-order valence-corrected chi connectivity index (χ3v) is 3.02. The number of ketones is 1. The van der Waals surface area contributed by atoms with E-state index in [1.165, 1.54) is 25.1 Å². The Morgan fingerprint density at radius 2 is 2.06 bits per heavy atom. The normalized spacial score (nSPS) is 12.0. The zero-order chi connectivity index (χ0) is 13.0. The van der Waals surface area contributed by atoms with Gasteiger partial charge in [0.15, 0.2) is 5.78 Å². The molecule has 0 bridgehead atoms. The second-order valence-corrected chi connectivity index (χ2v) is 4.27. The Hall–Kier alpha value is -1.06. The highest BCUT2D eigenvalue weighted by Gasteiger charge is 2.18. The topological polar surface area (TPSA) is 43.4 Å². The van der Waals surface area contributed by atoms with E-state index in [9.17, 15) is 9.59 Å². The molecule has 0 fully saturated rings. The molecule has 0 aliphatic rings. The molecule has 0 aliphatic heterocycles. The Morgan fingerprint density at radius 1 is 1.41 bits per heavy atom. The van der Waals surface area contributed by atoms with Crippen molar-refractivity contribution < 1.29 is 14.3 Å². The van der Waals surface area contributed by atoms with Gasteiger partial charge < -0.3 is 4.74 Å². The van der Waals surface area contributed by atoms with Crippen molar-refractivity contribution in [2.75, 3.05) is 6.61 Å². The van der Waals surface area contributed by atoms with E-state index < -0.39 is 11.3 Å². The van der Waals surface area contributed by atoms with Gasteiger partial charge in [-0.05, 0) is 37.6 Å². The second-order valence-electron chi connectivity index (χ2n) is 3.43. The maximum atomic E-state index is 11.5. The van der Waals surface area contributed by atoms with Crippen molar-refractivity contribution in [1.82, 2.24) is 0 Å². The van der Waals surface area contributed by atoms with E-state index in [0.717, 1.165) is 0 Å². The van der Waals surface area contributed by atoms with Gasteiger partial charge in [-0.1, -0.05) is 11.6 Å². The maximum Gasteiger partial charge on any atom is 0.338 e. The van der Waals surface area contributed by atoms with E-state index in [1.54, 1.807) is 6.92 Å². The lowest BCUT2D eigenvalue weighted by Crippen LogP contribution is -2.08. The summed E-state index contributed by atoms with van der Waals surface area (Å²) in [6.45, 7) is 3.37. The first-order chi connectivity index (χ1) is 7.97. The summed E-state index contributed by atoms with van der Waals surface area (Å²) in [6, 6.07) is 4.55. The number of ether oxygens (including phenoxy) is 1. The summed E-state index contributed by atoms with van der Waals surface area (Å²) in [7, 11) is 0. The SMILES string of the molecule is CCOC(=O)c1ccc(Cl)c(C(Cl)C(C)=O)c1. The Bertz CT molecular complexity index is 443. The average Bonchev–Trinajstić information content (AvgIpc) is 2.28. The molecule has 17 heavy (non-hydrogen) atoms. The third kappa shape index (κ3) is 3.45. The van der Waals surface area contributed by atoms with Gasteiger partial charge in [-0.3, -0.25) is 4.79 Å². The predicted molar refractivity (Wildman–Crippen MR) is 66.7 cm³/mol. The molecule has 1 atom stereocenters. The van der Waals surface area contributed by atoms with Gasteiger partial charge >= 0.3 is 5.97 Å². The van der Waals surface area contributed by atoms with Crippen LogP contribution < -0.4 is 0 Å². The standard InChI is InChI=1S/C12H12Cl2O3/c1-3-17-12(16)8-4-5-10(13)9(6-8)11(14)7(2)15/h4-6,11H,3H2,1-2H3. The van der Waals surface area contributed by atoms with Gasteiger partial charge in [-0.15, -0.1) is 11.6 Å². The predicted octanol–water partition coefficient (Wildman–Crippen LogP) is 3.39. The van der Waals surface area contributed by atoms with E-state index in [1.807, 2.05) is 0 Å². The molecule has 0 radical (unpaired) electrons. The summed E-state index contributed by atoms with van der Waals surface area (Å²) in [6.07, 6.45) is 0. The maximum absolute atomic E-state index is 11.5. The van der Waals surface area contributed by atoms with Crippen LogP contribution in [0.2, 0.25) is 5.02 Å². The molecule has 0 N–H and O–H groups in total. The van der Waals surface area contributed by atoms with E-state index in [4.69, 9.17) is 27.9 Å². The van der Waals surface area contributed by atoms with Crippen LogP contribution >= 0.6 is 23.2 Å². The van der Waals surface area contributed by atoms with Crippen molar-refractivity contribution in [1.29, 1.82) is 0 Å². The first-order valence-electron chi connectivity index (χ1n) is 5.08. The Balaban J connectivity index is 3.10. The average molecular weight is 275 g/mol. The number of benzene rings is 1. The summed E-state index contributed by atoms with van der Waals surface area (Å²) in [5.41, 5.74) is 0.754. The minimum Gasteiger partial charge on any atom is -0.462 e.